The van der Waals surface area contributed by atoms with E-state index >= 15 is 0 Å². The van der Waals surface area contributed by atoms with Gasteiger partial charge in [0.1, 0.15) is 11.6 Å². The lowest BCUT2D eigenvalue weighted by atomic mass is 10.0. The lowest BCUT2D eigenvalue weighted by molar-refractivity contribution is 0.0743. The number of carbonyl (C=O) groups is 1. The van der Waals surface area contributed by atoms with Crippen LogP contribution < -0.4 is 9.64 Å². The first-order valence-corrected chi connectivity index (χ1v) is 12.7. The number of piperazine rings is 1. The molecule has 2 aliphatic rings. The van der Waals surface area contributed by atoms with Crippen LogP contribution in [0.25, 0.3) is 0 Å². The van der Waals surface area contributed by atoms with Crippen LogP contribution in [0.15, 0.2) is 47.4 Å². The number of piperidine rings is 1. The molecule has 2 aromatic carbocycles. The van der Waals surface area contributed by atoms with Gasteiger partial charge in [0.25, 0.3) is 5.91 Å². The van der Waals surface area contributed by atoms with Crippen molar-refractivity contribution in [1.29, 1.82) is 0 Å². The molecular weight excluding hydrogens is 445 g/mol. The molecule has 7 nitrogen and oxygen atoms in total. The van der Waals surface area contributed by atoms with Crippen molar-refractivity contribution in [3.8, 4) is 5.75 Å². The second kappa shape index (κ2) is 9.69. The molecule has 2 aromatic rings. The van der Waals surface area contributed by atoms with Crippen molar-refractivity contribution in [3.63, 3.8) is 0 Å². The fourth-order valence-electron chi connectivity index (χ4n) is 4.42. The summed E-state index contributed by atoms with van der Waals surface area (Å²) in [5.41, 5.74) is 0.745. The quantitative estimate of drug-likeness (QED) is 0.664. The summed E-state index contributed by atoms with van der Waals surface area (Å²) in [4.78, 5) is 17.0. The van der Waals surface area contributed by atoms with E-state index in [0.29, 0.717) is 56.6 Å². The number of anilines is 1. The minimum absolute atomic E-state index is 0.103. The topological polar surface area (TPSA) is 70.2 Å². The summed E-state index contributed by atoms with van der Waals surface area (Å²) in [7, 11) is -2.23. The number of rotatable bonds is 5. The summed E-state index contributed by atoms with van der Waals surface area (Å²) >= 11 is 0. The summed E-state index contributed by atoms with van der Waals surface area (Å²) in [6.07, 6.45) is 1.65. The largest absolute Gasteiger partial charge is 0.496 e. The number of methoxy groups -OCH3 is 1. The Morgan fingerprint density at radius 2 is 1.67 bits per heavy atom. The molecule has 2 saturated heterocycles. The average Bonchev–Trinajstić information content (AvgIpc) is 2.84. The Morgan fingerprint density at radius 3 is 2.30 bits per heavy atom. The van der Waals surface area contributed by atoms with E-state index in [2.05, 4.69) is 6.92 Å². The standard InChI is InChI=1S/C24H30FN3O4S/c1-18-9-11-28(12-10-18)33(30,31)19-7-8-23(32-2)20(17-19)24(29)27-15-13-26(14-16-27)22-6-4-3-5-21(22)25/h3-8,17-18H,9-16H2,1-2H3. The Hall–Kier alpha value is -2.65. The Balaban J connectivity index is 1.52. The highest BCUT2D eigenvalue weighted by atomic mass is 32.2. The van der Waals surface area contributed by atoms with Gasteiger partial charge in [-0.1, -0.05) is 19.1 Å². The number of hydrogen-bond donors (Lipinski definition) is 0. The lowest BCUT2D eigenvalue weighted by Gasteiger charge is -2.36. The molecule has 2 aliphatic heterocycles. The number of halogens is 1. The summed E-state index contributed by atoms with van der Waals surface area (Å²) in [5.74, 6) is 0.267. The van der Waals surface area contributed by atoms with Gasteiger partial charge >= 0.3 is 0 Å². The first-order chi connectivity index (χ1) is 15.8. The summed E-state index contributed by atoms with van der Waals surface area (Å²) in [6, 6.07) is 11.1. The number of sulfonamides is 1. The van der Waals surface area contributed by atoms with Crippen molar-refractivity contribution in [2.75, 3.05) is 51.3 Å². The van der Waals surface area contributed by atoms with Crippen LogP contribution in [0.3, 0.4) is 0 Å². The zero-order valence-electron chi connectivity index (χ0n) is 19.0. The molecule has 0 bridgehead atoms. The van der Waals surface area contributed by atoms with Gasteiger partial charge in [-0.15, -0.1) is 0 Å². The molecule has 0 aromatic heterocycles. The van der Waals surface area contributed by atoms with Crippen LogP contribution in [0, 0.1) is 11.7 Å². The monoisotopic (exact) mass is 475 g/mol. The molecule has 4 rings (SSSR count). The average molecular weight is 476 g/mol. The Kier molecular flexibility index (Phi) is 6.90. The van der Waals surface area contributed by atoms with Gasteiger partial charge in [-0.25, -0.2) is 12.8 Å². The van der Waals surface area contributed by atoms with E-state index in [1.54, 1.807) is 29.2 Å². The van der Waals surface area contributed by atoms with E-state index in [9.17, 15) is 17.6 Å². The number of ether oxygens (including phenoxy) is 1. The first-order valence-electron chi connectivity index (χ1n) is 11.3. The molecule has 0 radical (unpaired) electrons. The van der Waals surface area contributed by atoms with E-state index in [0.717, 1.165) is 12.8 Å². The molecule has 9 heteroatoms. The molecule has 2 heterocycles. The number of para-hydroxylation sites is 1. The molecule has 0 unspecified atom stereocenters. The maximum absolute atomic E-state index is 14.1. The smallest absolute Gasteiger partial charge is 0.257 e. The fraction of sp³-hybridized carbons (Fsp3) is 0.458. The molecule has 0 spiro atoms. The third kappa shape index (κ3) is 4.84. The van der Waals surface area contributed by atoms with Crippen LogP contribution in [0.1, 0.15) is 30.1 Å². The summed E-state index contributed by atoms with van der Waals surface area (Å²) < 4.78 is 47.4. The zero-order valence-corrected chi connectivity index (χ0v) is 19.9. The van der Waals surface area contributed by atoms with Crippen LogP contribution in [-0.4, -0.2) is 69.9 Å². The molecular formula is C24H30FN3O4S. The minimum Gasteiger partial charge on any atom is -0.496 e. The van der Waals surface area contributed by atoms with Crippen LogP contribution in [0.5, 0.6) is 5.75 Å². The van der Waals surface area contributed by atoms with Gasteiger partial charge in [-0.05, 0) is 49.1 Å². The molecule has 0 saturated carbocycles. The Morgan fingerprint density at radius 1 is 1.00 bits per heavy atom. The number of benzene rings is 2. The first kappa shape index (κ1) is 23.5. The highest BCUT2D eigenvalue weighted by Crippen LogP contribution is 2.29. The van der Waals surface area contributed by atoms with Crippen LogP contribution in [-0.2, 0) is 10.0 Å². The van der Waals surface area contributed by atoms with E-state index in [-0.39, 0.29) is 22.2 Å². The van der Waals surface area contributed by atoms with Gasteiger partial charge < -0.3 is 14.5 Å². The molecule has 1 amide bonds. The van der Waals surface area contributed by atoms with Crippen molar-refractivity contribution in [1.82, 2.24) is 9.21 Å². The predicted molar refractivity (Wildman–Crippen MR) is 125 cm³/mol. The Labute approximate surface area is 194 Å². The molecule has 2 fully saturated rings. The summed E-state index contributed by atoms with van der Waals surface area (Å²) in [6.45, 7) is 4.86. The van der Waals surface area contributed by atoms with Gasteiger partial charge in [0, 0.05) is 39.3 Å². The highest BCUT2D eigenvalue weighted by molar-refractivity contribution is 7.89. The molecule has 178 valence electrons. The van der Waals surface area contributed by atoms with Crippen molar-refractivity contribution in [3.05, 3.63) is 53.8 Å². The van der Waals surface area contributed by atoms with Crippen molar-refractivity contribution in [2.45, 2.75) is 24.7 Å². The van der Waals surface area contributed by atoms with E-state index < -0.39 is 10.0 Å². The van der Waals surface area contributed by atoms with E-state index in [1.165, 1.54) is 29.6 Å². The number of amides is 1. The number of hydrogen-bond acceptors (Lipinski definition) is 5. The maximum Gasteiger partial charge on any atom is 0.257 e. The van der Waals surface area contributed by atoms with Gasteiger partial charge in [0.15, 0.2) is 0 Å². The van der Waals surface area contributed by atoms with Gasteiger partial charge in [0.2, 0.25) is 10.0 Å². The van der Waals surface area contributed by atoms with Crippen molar-refractivity contribution < 1.29 is 22.3 Å². The SMILES string of the molecule is COc1ccc(S(=O)(=O)N2CCC(C)CC2)cc1C(=O)N1CCN(c2ccccc2F)CC1. The minimum atomic E-state index is -3.69. The zero-order chi connectivity index (χ0) is 23.6. The molecule has 33 heavy (non-hydrogen) atoms. The second-order valence-electron chi connectivity index (χ2n) is 8.68. The highest BCUT2D eigenvalue weighted by Gasteiger charge is 2.31. The van der Waals surface area contributed by atoms with Crippen LogP contribution in [0.2, 0.25) is 0 Å². The summed E-state index contributed by atoms with van der Waals surface area (Å²) in [5, 5.41) is 0. The van der Waals surface area contributed by atoms with Crippen molar-refractivity contribution >= 4 is 21.6 Å². The van der Waals surface area contributed by atoms with E-state index in [4.69, 9.17) is 4.74 Å². The van der Waals surface area contributed by atoms with Gasteiger partial charge in [-0.2, -0.15) is 4.31 Å². The Bertz CT molecular complexity index is 1110. The maximum atomic E-state index is 14.1. The van der Waals surface area contributed by atoms with Gasteiger partial charge in [0.05, 0.1) is 23.3 Å². The third-order valence-corrected chi connectivity index (χ3v) is 8.44. The lowest BCUT2D eigenvalue weighted by Crippen LogP contribution is -2.49. The molecule has 0 atom stereocenters. The number of carbonyl (C=O) groups excluding carboxylic acids is 1. The van der Waals surface area contributed by atoms with E-state index in [1.807, 2.05) is 4.90 Å². The van der Waals surface area contributed by atoms with Crippen molar-refractivity contribution in [2.24, 2.45) is 5.92 Å². The second-order valence-corrected chi connectivity index (χ2v) is 10.6. The predicted octanol–water partition coefficient (Wildman–Crippen LogP) is 3.22. The fourth-order valence-corrected chi connectivity index (χ4v) is 5.91. The van der Waals surface area contributed by atoms with Crippen LogP contribution in [0.4, 0.5) is 10.1 Å². The van der Waals surface area contributed by atoms with Crippen LogP contribution >= 0.6 is 0 Å². The normalized spacial score (nSPS) is 18.4. The number of nitrogens with zero attached hydrogens (tertiary/aromatic N) is 3. The third-order valence-electron chi connectivity index (χ3n) is 6.54. The molecule has 0 N–H and O–H groups in total. The van der Waals surface area contributed by atoms with Gasteiger partial charge in [-0.3, -0.25) is 4.79 Å². The molecule has 0 aliphatic carbocycles.